The van der Waals surface area contributed by atoms with Crippen molar-refractivity contribution in [3.63, 3.8) is 0 Å². The summed E-state index contributed by atoms with van der Waals surface area (Å²) in [7, 11) is -1.64. The number of benzene rings is 2. The molecule has 12 heteroatoms. The van der Waals surface area contributed by atoms with Crippen LogP contribution in [0.5, 0.6) is 5.75 Å². The summed E-state index contributed by atoms with van der Waals surface area (Å²) in [5, 5.41) is 4.86. The van der Waals surface area contributed by atoms with Gasteiger partial charge >= 0.3 is 5.56 Å². The van der Waals surface area contributed by atoms with Gasteiger partial charge in [0.15, 0.2) is 0 Å². The van der Waals surface area contributed by atoms with Gasteiger partial charge in [-0.2, -0.15) is 14.1 Å². The molecular weight excluding hydrogens is 528 g/mol. The molecule has 3 heterocycles. The van der Waals surface area contributed by atoms with Crippen LogP contribution in [0.2, 0.25) is 5.02 Å². The minimum absolute atomic E-state index is 0.0525. The van der Waals surface area contributed by atoms with Crippen LogP contribution >= 0.6 is 11.6 Å². The molecule has 4 aromatic rings. The maximum atomic E-state index is 13.6. The van der Waals surface area contributed by atoms with E-state index >= 15 is 0 Å². The van der Waals surface area contributed by atoms with E-state index in [2.05, 4.69) is 10.1 Å². The molecule has 0 atom stereocenters. The Morgan fingerprint density at radius 1 is 1.03 bits per heavy atom. The van der Waals surface area contributed by atoms with Crippen LogP contribution < -0.4 is 15.2 Å². The highest BCUT2D eigenvalue weighted by Gasteiger charge is 2.29. The largest absolute Gasteiger partial charge is 0.478 e. The van der Waals surface area contributed by atoms with Crippen LogP contribution in [0.4, 0.5) is 5.69 Å². The fraction of sp³-hybridized carbons (Fsp3) is 0.269. The maximum Gasteiger partial charge on any atom is 0.316 e. The number of piperazine rings is 1. The highest BCUT2D eigenvalue weighted by molar-refractivity contribution is 7.88. The van der Waals surface area contributed by atoms with Gasteiger partial charge in [0.2, 0.25) is 15.8 Å². The normalized spacial score (nSPS) is 14.5. The molecule has 2 aromatic heterocycles. The Morgan fingerprint density at radius 3 is 2.47 bits per heavy atom. The molecule has 1 aliphatic rings. The van der Waals surface area contributed by atoms with Crippen molar-refractivity contribution in [1.82, 2.24) is 23.6 Å². The zero-order valence-electron chi connectivity index (χ0n) is 20.8. The van der Waals surface area contributed by atoms with Gasteiger partial charge in [0, 0.05) is 50.6 Å². The van der Waals surface area contributed by atoms with Crippen molar-refractivity contribution in [3.8, 4) is 11.4 Å². The summed E-state index contributed by atoms with van der Waals surface area (Å²) in [4.78, 5) is 19.8. The predicted molar refractivity (Wildman–Crippen MR) is 145 cm³/mol. The van der Waals surface area contributed by atoms with Gasteiger partial charge in [-0.15, -0.1) is 0 Å². The first-order valence-electron chi connectivity index (χ1n) is 12.1. The average Bonchev–Trinajstić information content (AvgIpc) is 3.32. The highest BCUT2D eigenvalue weighted by Crippen LogP contribution is 2.27. The second-order valence-electron chi connectivity index (χ2n) is 8.93. The van der Waals surface area contributed by atoms with Crippen LogP contribution in [-0.4, -0.2) is 58.2 Å². The molecule has 1 fully saturated rings. The van der Waals surface area contributed by atoms with Crippen LogP contribution in [0.3, 0.4) is 0 Å². The number of anilines is 1. The molecule has 1 aliphatic heterocycles. The summed E-state index contributed by atoms with van der Waals surface area (Å²) in [5.41, 5.74) is 1.31. The van der Waals surface area contributed by atoms with Crippen molar-refractivity contribution in [2.75, 3.05) is 31.1 Å². The number of hydrogen-bond acceptors (Lipinski definition) is 7. The fourth-order valence-corrected chi connectivity index (χ4v) is 6.04. The zero-order valence-corrected chi connectivity index (χ0v) is 22.3. The van der Waals surface area contributed by atoms with Crippen molar-refractivity contribution in [2.24, 2.45) is 7.05 Å². The Kier molecular flexibility index (Phi) is 7.50. The molecule has 0 radical (unpaired) electrons. The first-order chi connectivity index (χ1) is 18.3. The predicted octanol–water partition coefficient (Wildman–Crippen LogP) is 2.85. The third-order valence-corrected chi connectivity index (χ3v) is 8.48. The lowest BCUT2D eigenvalue weighted by Gasteiger charge is -2.35. The number of rotatable bonds is 8. The lowest BCUT2D eigenvalue weighted by atomic mass is 10.2. The number of aromatic nitrogens is 4. The van der Waals surface area contributed by atoms with Gasteiger partial charge in [0.05, 0.1) is 17.6 Å². The van der Waals surface area contributed by atoms with Crippen LogP contribution in [0.25, 0.3) is 5.69 Å². The van der Waals surface area contributed by atoms with E-state index in [0.29, 0.717) is 35.3 Å². The second-order valence-corrected chi connectivity index (χ2v) is 11.3. The van der Waals surface area contributed by atoms with Crippen molar-refractivity contribution >= 4 is 27.3 Å². The van der Waals surface area contributed by atoms with Crippen molar-refractivity contribution < 1.29 is 13.2 Å². The van der Waals surface area contributed by atoms with Gasteiger partial charge in [-0.3, -0.25) is 4.79 Å². The van der Waals surface area contributed by atoms with Gasteiger partial charge in [-0.1, -0.05) is 48.0 Å². The lowest BCUT2D eigenvalue weighted by Crippen LogP contribution is -2.49. The molecule has 0 amide bonds. The number of nitrogens with zero attached hydrogens (tertiary/aromatic N) is 6. The van der Waals surface area contributed by atoms with E-state index in [9.17, 15) is 13.2 Å². The zero-order chi connectivity index (χ0) is 26.7. The van der Waals surface area contributed by atoms with Gasteiger partial charge < -0.3 is 14.2 Å². The quantitative estimate of drug-likeness (QED) is 0.330. The van der Waals surface area contributed by atoms with Gasteiger partial charge in [0.25, 0.3) is 0 Å². The summed E-state index contributed by atoms with van der Waals surface area (Å²) in [6, 6.07) is 16.0. The van der Waals surface area contributed by atoms with E-state index in [1.165, 1.54) is 8.99 Å². The molecular formula is C26H27ClN6O4S. The smallest absolute Gasteiger partial charge is 0.316 e. The van der Waals surface area contributed by atoms with Crippen LogP contribution in [0, 0.1) is 0 Å². The van der Waals surface area contributed by atoms with E-state index < -0.39 is 15.6 Å². The lowest BCUT2D eigenvalue weighted by molar-refractivity contribution is 0.284. The molecule has 0 N–H and O–H groups in total. The second kappa shape index (κ2) is 11.0. The Bertz CT molecular complexity index is 1580. The third kappa shape index (κ3) is 5.59. The van der Waals surface area contributed by atoms with Crippen molar-refractivity contribution in [2.45, 2.75) is 12.4 Å². The first kappa shape index (κ1) is 26.0. The molecule has 10 nitrogen and oxygen atoms in total. The van der Waals surface area contributed by atoms with Crippen molar-refractivity contribution in [1.29, 1.82) is 0 Å². The number of halogens is 1. The SMILES string of the molecule is Cn1ccnc1COc1c(N2CCN(S(=O)(=O)Cc3ccccc3)CC2)cnn(-c2cccc(Cl)c2)c1=O. The monoisotopic (exact) mass is 554 g/mol. The minimum Gasteiger partial charge on any atom is -0.478 e. The number of aryl methyl sites for hydroxylation is 1. The van der Waals surface area contributed by atoms with Crippen LogP contribution in [-0.2, 0) is 29.4 Å². The van der Waals surface area contributed by atoms with E-state index in [1.54, 1.807) is 55.0 Å². The molecule has 0 saturated carbocycles. The molecule has 38 heavy (non-hydrogen) atoms. The molecule has 2 aromatic carbocycles. The molecule has 0 spiro atoms. The molecule has 0 unspecified atom stereocenters. The third-order valence-electron chi connectivity index (χ3n) is 6.40. The van der Waals surface area contributed by atoms with E-state index in [1.807, 2.05) is 34.7 Å². The van der Waals surface area contributed by atoms with Gasteiger partial charge in [-0.05, 0) is 23.8 Å². The Labute approximate surface area is 225 Å². The number of imidazole rings is 1. The Hall–Kier alpha value is -3.67. The first-order valence-corrected chi connectivity index (χ1v) is 14.0. The van der Waals surface area contributed by atoms with E-state index in [-0.39, 0.29) is 31.2 Å². The molecule has 0 bridgehead atoms. The summed E-state index contributed by atoms with van der Waals surface area (Å²) < 4.78 is 36.6. The summed E-state index contributed by atoms with van der Waals surface area (Å²) >= 11 is 6.14. The molecule has 0 aliphatic carbocycles. The van der Waals surface area contributed by atoms with E-state index in [4.69, 9.17) is 16.3 Å². The number of ether oxygens (including phenoxy) is 1. The summed E-state index contributed by atoms with van der Waals surface area (Å²) in [6.07, 6.45) is 5.03. The Balaban J connectivity index is 1.40. The number of sulfonamides is 1. The highest BCUT2D eigenvalue weighted by atomic mass is 35.5. The fourth-order valence-electron chi connectivity index (χ4n) is 4.34. The summed E-state index contributed by atoms with van der Waals surface area (Å²) in [6.45, 7) is 1.41. The van der Waals surface area contributed by atoms with E-state index in [0.717, 1.165) is 5.56 Å². The number of hydrogen-bond donors (Lipinski definition) is 0. The molecule has 5 rings (SSSR count). The molecule has 198 valence electrons. The average molecular weight is 555 g/mol. The molecule has 1 saturated heterocycles. The van der Waals surface area contributed by atoms with Gasteiger partial charge in [-0.25, -0.2) is 13.4 Å². The van der Waals surface area contributed by atoms with Crippen molar-refractivity contribution in [3.05, 3.63) is 100.0 Å². The standard InChI is InChI=1S/C26H27ClN6O4S/c1-30-11-10-28-24(30)18-37-25-23(17-29-33(26(25)34)22-9-5-8-21(27)16-22)31-12-14-32(15-13-31)38(35,36)19-20-6-3-2-4-7-20/h2-11,16-17H,12-15,18-19H2,1H3. The van der Waals surface area contributed by atoms with Crippen LogP contribution in [0.15, 0.2) is 78.0 Å². The van der Waals surface area contributed by atoms with Crippen LogP contribution in [0.1, 0.15) is 11.4 Å². The Morgan fingerprint density at radius 2 is 1.79 bits per heavy atom. The summed E-state index contributed by atoms with van der Waals surface area (Å²) in [5.74, 6) is 0.713. The topological polar surface area (TPSA) is 103 Å². The van der Waals surface area contributed by atoms with Gasteiger partial charge in [0.1, 0.15) is 18.1 Å². The minimum atomic E-state index is -3.48. The maximum absolute atomic E-state index is 13.6.